The molecule has 0 spiro atoms. The maximum Gasteiger partial charge on any atom is 0.102 e. The normalized spacial score (nSPS) is 14.5. The summed E-state index contributed by atoms with van der Waals surface area (Å²) in [5, 5.41) is 1.15. The van der Waals surface area contributed by atoms with Crippen molar-refractivity contribution in [3.63, 3.8) is 0 Å². The molecule has 0 bridgehead atoms. The van der Waals surface area contributed by atoms with Crippen LogP contribution in [0.5, 0.6) is 0 Å². The zero-order valence-corrected chi connectivity index (χ0v) is 8.98. The zero-order chi connectivity index (χ0) is 10.8. The largest absolute Gasteiger partial charge is 0.254 e. The van der Waals surface area contributed by atoms with Crippen LogP contribution in [0.2, 0.25) is 0 Å². The first-order valence-electron chi connectivity index (χ1n) is 5.60. The van der Waals surface area contributed by atoms with Crippen LogP contribution in [0.15, 0.2) is 41.5 Å². The fraction of sp³-hybridized carbons (Fsp3) is 0.214. The Bertz CT molecular complexity index is 593. The maximum atomic E-state index is 4.42. The van der Waals surface area contributed by atoms with Crippen LogP contribution in [0.25, 0.3) is 10.9 Å². The van der Waals surface area contributed by atoms with Crippen molar-refractivity contribution in [3.8, 4) is 0 Å². The van der Waals surface area contributed by atoms with Gasteiger partial charge in [0.25, 0.3) is 0 Å². The number of aromatic nitrogens is 1. The number of pyridine rings is 1. The van der Waals surface area contributed by atoms with Crippen molar-refractivity contribution in [1.82, 2.24) is 4.98 Å². The number of benzene rings is 1. The van der Waals surface area contributed by atoms with E-state index in [4.69, 9.17) is 0 Å². The Hall–Kier alpha value is -1.92. The van der Waals surface area contributed by atoms with E-state index in [1.165, 1.54) is 5.56 Å². The molecule has 1 aliphatic heterocycles. The predicted molar refractivity (Wildman–Crippen MR) is 66.3 cm³/mol. The summed E-state index contributed by atoms with van der Waals surface area (Å²) in [5.41, 5.74) is 3.27. The summed E-state index contributed by atoms with van der Waals surface area (Å²) in [6.07, 6.45) is 7.12. The Kier molecular flexibility index (Phi) is 2.28. The highest BCUT2D eigenvalue weighted by atomic mass is 14.8. The van der Waals surface area contributed by atoms with Crippen LogP contribution in [0, 0.1) is 0 Å². The zero-order valence-electron chi connectivity index (χ0n) is 8.98. The quantitative estimate of drug-likeness (QED) is 0.651. The minimum Gasteiger partial charge on any atom is -0.254 e. The van der Waals surface area contributed by atoms with Gasteiger partial charge in [0, 0.05) is 11.6 Å². The lowest BCUT2D eigenvalue weighted by molar-refractivity contribution is 0.844. The molecule has 1 aliphatic rings. The number of aliphatic imine (C=N–C) groups is 1. The molecular formula is C14H12N2. The van der Waals surface area contributed by atoms with E-state index >= 15 is 0 Å². The molecule has 2 heterocycles. The topological polar surface area (TPSA) is 25.2 Å². The molecule has 0 saturated carbocycles. The first-order valence-corrected chi connectivity index (χ1v) is 5.60. The predicted octanol–water partition coefficient (Wildman–Crippen LogP) is 3.43. The molecule has 78 valence electrons. The van der Waals surface area contributed by atoms with E-state index in [-0.39, 0.29) is 0 Å². The molecule has 0 atom stereocenters. The molecule has 2 aromatic rings. The number of allylic oxidation sites excluding steroid dienone is 1. The lowest BCUT2D eigenvalue weighted by Crippen LogP contribution is -1.90. The van der Waals surface area contributed by atoms with Crippen LogP contribution in [-0.4, -0.2) is 10.9 Å². The van der Waals surface area contributed by atoms with Crippen molar-refractivity contribution < 1.29 is 0 Å². The molecule has 2 heteroatoms. The molecule has 1 aromatic heterocycles. The monoisotopic (exact) mass is 208 g/mol. The smallest absolute Gasteiger partial charge is 0.102 e. The fourth-order valence-electron chi connectivity index (χ4n) is 2.07. The second kappa shape index (κ2) is 3.92. The molecule has 0 radical (unpaired) electrons. The summed E-state index contributed by atoms with van der Waals surface area (Å²) in [4.78, 5) is 8.83. The molecule has 1 aromatic carbocycles. The second-order valence-electron chi connectivity index (χ2n) is 3.99. The molecule has 0 unspecified atom stereocenters. The highest BCUT2D eigenvalue weighted by Crippen LogP contribution is 2.29. The molecule has 0 aliphatic carbocycles. The standard InChI is InChI=1S/C14H12N2/c1-2-5-11-7-8-12-6-4-10-16-14(12)13(11)15-9-3-1/h3-4,6-8,10H,1-2,5H2. The van der Waals surface area contributed by atoms with Gasteiger partial charge in [-0.15, -0.1) is 0 Å². The van der Waals surface area contributed by atoms with Gasteiger partial charge in [-0.1, -0.05) is 18.2 Å². The van der Waals surface area contributed by atoms with E-state index in [9.17, 15) is 0 Å². The molecule has 0 N–H and O–H groups in total. The SMILES string of the molecule is C1=CCCCc2ccc3cccnc3c2N=1. The van der Waals surface area contributed by atoms with Gasteiger partial charge in [-0.25, -0.2) is 4.99 Å². The van der Waals surface area contributed by atoms with Gasteiger partial charge in [0.05, 0.1) is 5.52 Å². The molecule has 0 saturated heterocycles. The average molecular weight is 208 g/mol. The van der Waals surface area contributed by atoms with Crippen LogP contribution in [-0.2, 0) is 6.42 Å². The minimum atomic E-state index is 0.989. The van der Waals surface area contributed by atoms with Gasteiger partial charge in [0.1, 0.15) is 5.69 Å². The van der Waals surface area contributed by atoms with Crippen LogP contribution in [0.1, 0.15) is 18.4 Å². The van der Waals surface area contributed by atoms with Gasteiger partial charge in [0.15, 0.2) is 0 Å². The van der Waals surface area contributed by atoms with E-state index in [1.807, 2.05) is 18.3 Å². The van der Waals surface area contributed by atoms with E-state index in [0.29, 0.717) is 0 Å². The van der Waals surface area contributed by atoms with Crippen molar-refractivity contribution in [2.45, 2.75) is 19.3 Å². The number of rotatable bonds is 0. The Morgan fingerprint density at radius 3 is 3.19 bits per heavy atom. The highest BCUT2D eigenvalue weighted by Gasteiger charge is 2.08. The molecule has 3 rings (SSSR count). The van der Waals surface area contributed by atoms with Crippen LogP contribution in [0.3, 0.4) is 0 Å². The summed E-state index contributed by atoms with van der Waals surface area (Å²) in [5.74, 6) is 3.00. The molecular weight excluding hydrogens is 196 g/mol. The minimum absolute atomic E-state index is 0.989. The van der Waals surface area contributed by atoms with Crippen LogP contribution >= 0.6 is 0 Å². The van der Waals surface area contributed by atoms with Crippen molar-refractivity contribution in [2.24, 2.45) is 4.99 Å². The third-order valence-corrected chi connectivity index (χ3v) is 2.89. The number of hydrogen-bond acceptors (Lipinski definition) is 2. The molecule has 2 nitrogen and oxygen atoms in total. The second-order valence-corrected chi connectivity index (χ2v) is 3.99. The summed E-state index contributed by atoms with van der Waals surface area (Å²) in [6, 6.07) is 8.32. The van der Waals surface area contributed by atoms with Gasteiger partial charge in [-0.05, 0) is 42.8 Å². The number of nitrogens with zero attached hydrogens (tertiary/aromatic N) is 2. The summed E-state index contributed by atoms with van der Waals surface area (Å²) in [6.45, 7) is 0. The van der Waals surface area contributed by atoms with Gasteiger partial charge >= 0.3 is 0 Å². The number of aryl methyl sites for hydroxylation is 1. The van der Waals surface area contributed by atoms with Crippen LogP contribution in [0.4, 0.5) is 5.69 Å². The van der Waals surface area contributed by atoms with E-state index in [0.717, 1.165) is 35.9 Å². The average Bonchev–Trinajstić information content (AvgIpc) is 2.29. The Balaban J connectivity index is 2.35. The van der Waals surface area contributed by atoms with Crippen LogP contribution < -0.4 is 0 Å². The number of hydrogen-bond donors (Lipinski definition) is 0. The van der Waals surface area contributed by atoms with E-state index in [2.05, 4.69) is 34.0 Å². The van der Waals surface area contributed by atoms with Crippen molar-refractivity contribution >= 4 is 22.5 Å². The van der Waals surface area contributed by atoms with Gasteiger partial charge < -0.3 is 0 Å². The fourth-order valence-corrected chi connectivity index (χ4v) is 2.07. The first kappa shape index (κ1) is 9.32. The van der Waals surface area contributed by atoms with E-state index < -0.39 is 0 Å². The Labute approximate surface area is 94.4 Å². The van der Waals surface area contributed by atoms with Crippen molar-refractivity contribution in [2.75, 3.05) is 0 Å². The van der Waals surface area contributed by atoms with Crippen molar-refractivity contribution in [3.05, 3.63) is 42.1 Å². The molecule has 0 fully saturated rings. The summed E-state index contributed by atoms with van der Waals surface area (Å²) >= 11 is 0. The lowest BCUT2D eigenvalue weighted by Gasteiger charge is -2.08. The first-order chi connectivity index (χ1) is 7.95. The summed E-state index contributed by atoms with van der Waals surface area (Å²) in [7, 11) is 0. The highest BCUT2D eigenvalue weighted by molar-refractivity contribution is 5.91. The van der Waals surface area contributed by atoms with Gasteiger partial charge in [0.2, 0.25) is 0 Å². The third kappa shape index (κ3) is 1.54. The lowest BCUT2D eigenvalue weighted by atomic mass is 10.0. The van der Waals surface area contributed by atoms with E-state index in [1.54, 1.807) is 0 Å². The third-order valence-electron chi connectivity index (χ3n) is 2.89. The molecule has 16 heavy (non-hydrogen) atoms. The Morgan fingerprint density at radius 2 is 2.19 bits per heavy atom. The van der Waals surface area contributed by atoms with Gasteiger partial charge in [-0.3, -0.25) is 4.98 Å². The maximum absolute atomic E-state index is 4.42. The summed E-state index contributed by atoms with van der Waals surface area (Å²) < 4.78 is 0. The van der Waals surface area contributed by atoms with Crippen molar-refractivity contribution in [1.29, 1.82) is 0 Å². The Morgan fingerprint density at radius 1 is 1.19 bits per heavy atom. The van der Waals surface area contributed by atoms with Gasteiger partial charge in [-0.2, -0.15) is 0 Å². The number of fused-ring (bicyclic) bond motifs is 3. The molecule has 0 amide bonds.